The highest BCUT2D eigenvalue weighted by Gasteiger charge is 2.33. The van der Waals surface area contributed by atoms with Crippen molar-refractivity contribution in [1.82, 2.24) is 16.0 Å². The maximum atomic E-state index is 14.0. The van der Waals surface area contributed by atoms with E-state index in [1.54, 1.807) is 6.07 Å². The van der Waals surface area contributed by atoms with Crippen LogP contribution in [0.5, 0.6) is 0 Å². The molecule has 4 amide bonds. The lowest BCUT2D eigenvalue weighted by Crippen LogP contribution is -2.55. The van der Waals surface area contributed by atoms with Gasteiger partial charge in [0.05, 0.1) is 12.1 Å². The number of carbonyl (C=O) groups is 4. The minimum atomic E-state index is -1.32. The molecule has 0 saturated heterocycles. The summed E-state index contributed by atoms with van der Waals surface area (Å²) in [5, 5.41) is 31.1. The number of hydrogen-bond acceptors (Lipinski definition) is 5. The minimum absolute atomic E-state index is 0.0115. The van der Waals surface area contributed by atoms with Crippen molar-refractivity contribution in [2.75, 3.05) is 0 Å². The molecule has 252 valence electrons. The molecular weight excluding hydrogens is 608 g/mol. The lowest BCUT2D eigenvalue weighted by atomic mass is 9.87. The van der Waals surface area contributed by atoms with Crippen molar-refractivity contribution in [3.8, 4) is 0 Å². The van der Waals surface area contributed by atoms with Crippen LogP contribution in [0.2, 0.25) is 0 Å². The van der Waals surface area contributed by atoms with E-state index in [2.05, 4.69) is 16.0 Å². The van der Waals surface area contributed by atoms with E-state index >= 15 is 0 Å². The van der Waals surface area contributed by atoms with Crippen LogP contribution in [-0.4, -0.2) is 52.2 Å². The molecule has 0 aliphatic rings. The summed E-state index contributed by atoms with van der Waals surface area (Å²) in [6.45, 7) is 3.83. The van der Waals surface area contributed by atoms with Crippen molar-refractivity contribution >= 4 is 34.6 Å². The van der Waals surface area contributed by atoms with Gasteiger partial charge in [0.1, 0.15) is 12.1 Å². The quantitative estimate of drug-likeness (QED) is 0.104. The lowest BCUT2D eigenvalue weighted by molar-refractivity contribution is -0.133. The molecule has 4 aromatic rings. The number of nitrogens with one attached hydrogen (secondary N) is 3. The molecule has 0 aliphatic carbocycles. The Morgan fingerprint density at radius 3 is 1.81 bits per heavy atom. The van der Waals surface area contributed by atoms with E-state index in [9.17, 15) is 29.4 Å². The van der Waals surface area contributed by atoms with Gasteiger partial charge in [-0.25, -0.2) is 4.79 Å². The monoisotopic (exact) mass is 652 g/mol. The van der Waals surface area contributed by atoms with Crippen molar-refractivity contribution < 1.29 is 29.4 Å². The first-order chi connectivity index (χ1) is 23.0. The van der Waals surface area contributed by atoms with Gasteiger partial charge in [-0.1, -0.05) is 111 Å². The van der Waals surface area contributed by atoms with Crippen molar-refractivity contribution in [3.63, 3.8) is 0 Å². The molecule has 5 atom stereocenters. The van der Waals surface area contributed by atoms with Crippen LogP contribution in [0.3, 0.4) is 0 Å². The Hall–Kier alpha value is -5.22. The number of aliphatic hydroxyl groups is 1. The van der Waals surface area contributed by atoms with Gasteiger partial charge in [0.15, 0.2) is 0 Å². The van der Waals surface area contributed by atoms with Crippen molar-refractivity contribution in [2.45, 2.75) is 63.8 Å². The summed E-state index contributed by atoms with van der Waals surface area (Å²) in [6, 6.07) is 28.5. The molecular formula is C38H44N4O6. The van der Waals surface area contributed by atoms with Gasteiger partial charge in [0.25, 0.3) is 0 Å². The van der Waals surface area contributed by atoms with E-state index < -0.39 is 54.0 Å². The average molecular weight is 653 g/mol. The van der Waals surface area contributed by atoms with Gasteiger partial charge in [-0.2, -0.15) is 0 Å². The van der Waals surface area contributed by atoms with E-state index in [1.165, 1.54) is 0 Å². The van der Waals surface area contributed by atoms with Crippen LogP contribution in [-0.2, 0) is 27.2 Å². The SMILES string of the molecule is CC(C)C[C@H](NC(=O)[C@H](Cc1ccccc1)C[C@@H](O)[C@@H](NC(=O)O)c1ccc2ccccc2c1)C(=O)N[C@@H](Cc1ccccc1)C(N)=O. The number of benzene rings is 4. The molecule has 0 saturated carbocycles. The number of carboxylic acid groups (broad SMARTS) is 1. The smallest absolute Gasteiger partial charge is 0.405 e. The topological polar surface area (TPSA) is 171 Å². The van der Waals surface area contributed by atoms with Crippen molar-refractivity contribution in [2.24, 2.45) is 17.6 Å². The van der Waals surface area contributed by atoms with Gasteiger partial charge >= 0.3 is 6.09 Å². The second-order valence-electron chi connectivity index (χ2n) is 12.6. The summed E-state index contributed by atoms with van der Waals surface area (Å²) in [6.07, 6.45) is -2.00. The fraction of sp³-hybridized carbons (Fsp3) is 0.316. The van der Waals surface area contributed by atoms with E-state index in [0.29, 0.717) is 5.56 Å². The molecule has 10 nitrogen and oxygen atoms in total. The van der Waals surface area contributed by atoms with Gasteiger partial charge in [-0.05, 0) is 58.7 Å². The number of carbonyl (C=O) groups excluding carboxylic acids is 3. The van der Waals surface area contributed by atoms with Gasteiger partial charge < -0.3 is 31.9 Å². The predicted molar refractivity (Wildman–Crippen MR) is 185 cm³/mol. The van der Waals surface area contributed by atoms with E-state index in [4.69, 9.17) is 5.73 Å². The number of primary amides is 1. The molecule has 0 aliphatic heterocycles. The summed E-state index contributed by atoms with van der Waals surface area (Å²) >= 11 is 0. The van der Waals surface area contributed by atoms with Gasteiger partial charge in [0, 0.05) is 12.3 Å². The summed E-state index contributed by atoms with van der Waals surface area (Å²) in [5.41, 5.74) is 7.85. The van der Waals surface area contributed by atoms with Crippen LogP contribution in [0.1, 0.15) is 49.4 Å². The molecule has 0 aromatic heterocycles. The molecule has 4 aromatic carbocycles. The van der Waals surface area contributed by atoms with Crippen LogP contribution >= 0.6 is 0 Å². The lowest BCUT2D eigenvalue weighted by Gasteiger charge is -2.29. The van der Waals surface area contributed by atoms with Gasteiger partial charge in [-0.15, -0.1) is 0 Å². The zero-order valence-electron chi connectivity index (χ0n) is 27.2. The van der Waals surface area contributed by atoms with Crippen LogP contribution in [0, 0.1) is 11.8 Å². The fourth-order valence-electron chi connectivity index (χ4n) is 5.88. The average Bonchev–Trinajstić information content (AvgIpc) is 3.06. The number of hydrogen-bond donors (Lipinski definition) is 6. The third kappa shape index (κ3) is 10.4. The van der Waals surface area contributed by atoms with E-state index in [1.807, 2.05) is 111 Å². The van der Waals surface area contributed by atoms with E-state index in [0.717, 1.165) is 21.9 Å². The Balaban J connectivity index is 1.57. The van der Waals surface area contributed by atoms with Crippen LogP contribution in [0.15, 0.2) is 103 Å². The summed E-state index contributed by atoms with van der Waals surface area (Å²) in [7, 11) is 0. The molecule has 10 heteroatoms. The highest BCUT2D eigenvalue weighted by Crippen LogP contribution is 2.27. The number of rotatable bonds is 16. The Bertz CT molecular complexity index is 1680. The Labute approximate surface area is 280 Å². The molecule has 0 unspecified atom stereocenters. The fourth-order valence-corrected chi connectivity index (χ4v) is 5.88. The second-order valence-corrected chi connectivity index (χ2v) is 12.6. The molecule has 0 fully saturated rings. The molecule has 0 spiro atoms. The Morgan fingerprint density at radius 2 is 1.23 bits per heavy atom. The van der Waals surface area contributed by atoms with Crippen LogP contribution < -0.4 is 21.7 Å². The summed E-state index contributed by atoms with van der Waals surface area (Å²) < 4.78 is 0. The largest absolute Gasteiger partial charge is 0.465 e. The number of aliphatic hydroxyl groups excluding tert-OH is 1. The third-order valence-electron chi connectivity index (χ3n) is 8.30. The highest BCUT2D eigenvalue weighted by atomic mass is 16.4. The molecule has 48 heavy (non-hydrogen) atoms. The molecule has 0 bridgehead atoms. The molecule has 0 heterocycles. The first-order valence-corrected chi connectivity index (χ1v) is 16.1. The minimum Gasteiger partial charge on any atom is -0.465 e. The number of fused-ring (bicyclic) bond motifs is 1. The first kappa shape index (κ1) is 35.6. The molecule has 0 radical (unpaired) electrons. The number of nitrogens with two attached hydrogens (primary N) is 1. The Kier molecular flexibility index (Phi) is 12.7. The van der Waals surface area contributed by atoms with Crippen LogP contribution in [0.25, 0.3) is 10.8 Å². The van der Waals surface area contributed by atoms with Crippen molar-refractivity contribution in [3.05, 3.63) is 120 Å². The molecule has 4 rings (SSSR count). The van der Waals surface area contributed by atoms with Gasteiger partial charge in [0.2, 0.25) is 17.7 Å². The zero-order chi connectivity index (χ0) is 34.6. The maximum absolute atomic E-state index is 14.0. The standard InChI is InChI=1S/C38H44N4O6/c1-24(2)19-32(37(46)40-31(35(39)44)21-26-13-7-4-8-14-26)41-36(45)30(20-25-11-5-3-6-12-25)23-33(43)34(42-38(47)48)29-18-17-27-15-9-10-16-28(27)22-29/h3-18,22,24,30-34,42-43H,19-21,23H2,1-2H3,(H2,39,44)(H,40,46)(H,41,45)(H,47,48)/t30-,31+,32+,33-,34+/m1/s1. The third-order valence-corrected chi connectivity index (χ3v) is 8.30. The van der Waals surface area contributed by atoms with Gasteiger partial charge in [-0.3, -0.25) is 14.4 Å². The predicted octanol–water partition coefficient (Wildman–Crippen LogP) is 4.50. The second kappa shape index (κ2) is 17.1. The highest BCUT2D eigenvalue weighted by molar-refractivity contribution is 5.92. The van der Waals surface area contributed by atoms with Crippen LogP contribution in [0.4, 0.5) is 4.79 Å². The molecule has 7 N–H and O–H groups in total. The normalized spacial score (nSPS) is 14.3. The first-order valence-electron chi connectivity index (χ1n) is 16.1. The van der Waals surface area contributed by atoms with E-state index in [-0.39, 0.29) is 31.6 Å². The Morgan fingerprint density at radius 1 is 0.667 bits per heavy atom. The maximum Gasteiger partial charge on any atom is 0.405 e. The zero-order valence-corrected chi connectivity index (χ0v) is 27.2. The summed E-state index contributed by atoms with van der Waals surface area (Å²) in [4.78, 5) is 51.8. The summed E-state index contributed by atoms with van der Waals surface area (Å²) in [5.74, 6) is -2.54. The number of amides is 4. The van der Waals surface area contributed by atoms with Crippen molar-refractivity contribution in [1.29, 1.82) is 0 Å².